The molecule has 0 saturated heterocycles. The van der Waals surface area contributed by atoms with Gasteiger partial charge in [-0.05, 0) is 73.8 Å². The van der Waals surface area contributed by atoms with E-state index in [0.717, 1.165) is 33.4 Å². The van der Waals surface area contributed by atoms with Crippen molar-refractivity contribution < 1.29 is 0 Å². The smallest absolute Gasteiger partial charge is 0.164 e. The van der Waals surface area contributed by atoms with Crippen LogP contribution >= 0.6 is 0 Å². The predicted molar refractivity (Wildman–Crippen MR) is 228 cm³/mol. The number of nitrogens with zero attached hydrogens (tertiary/aromatic N) is 4. The van der Waals surface area contributed by atoms with Crippen molar-refractivity contribution in [2.45, 2.75) is 0 Å². The quantitative estimate of drug-likeness (QED) is 0.168. The molecule has 11 rings (SSSR count). The number of para-hydroxylation sites is 1. The molecule has 2 heterocycles. The van der Waals surface area contributed by atoms with Crippen molar-refractivity contribution in [3.05, 3.63) is 194 Å². The van der Waals surface area contributed by atoms with Gasteiger partial charge in [0.1, 0.15) is 0 Å². The van der Waals surface area contributed by atoms with E-state index < -0.39 is 0 Å². The summed E-state index contributed by atoms with van der Waals surface area (Å²) in [6.07, 6.45) is 0. The molecule has 2 aromatic heterocycles. The Balaban J connectivity index is 1.13. The van der Waals surface area contributed by atoms with Crippen LogP contribution in [-0.2, 0) is 0 Å². The summed E-state index contributed by atoms with van der Waals surface area (Å²) in [5, 5.41) is 10.0. The Labute approximate surface area is 317 Å². The summed E-state index contributed by atoms with van der Waals surface area (Å²) >= 11 is 0. The van der Waals surface area contributed by atoms with Gasteiger partial charge in [0.2, 0.25) is 0 Å². The van der Waals surface area contributed by atoms with Gasteiger partial charge in [-0.1, -0.05) is 164 Å². The molecule has 0 aliphatic heterocycles. The van der Waals surface area contributed by atoms with Crippen LogP contribution in [0.15, 0.2) is 194 Å². The molecular weight excluding hydrogens is 669 g/mol. The number of rotatable bonds is 5. The monoisotopic (exact) mass is 700 g/mol. The normalized spacial score (nSPS) is 11.6. The fourth-order valence-corrected chi connectivity index (χ4v) is 8.32. The molecule has 11 aromatic rings. The molecule has 0 spiro atoms. The summed E-state index contributed by atoms with van der Waals surface area (Å²) in [7, 11) is 0. The first-order valence-corrected chi connectivity index (χ1v) is 18.6. The van der Waals surface area contributed by atoms with E-state index in [-0.39, 0.29) is 0 Å². The van der Waals surface area contributed by atoms with E-state index in [2.05, 4.69) is 138 Å². The molecule has 0 amide bonds. The van der Waals surface area contributed by atoms with Gasteiger partial charge < -0.3 is 4.57 Å². The first kappa shape index (κ1) is 31.1. The van der Waals surface area contributed by atoms with Crippen LogP contribution in [0.5, 0.6) is 0 Å². The lowest BCUT2D eigenvalue weighted by molar-refractivity contribution is 1.07. The second-order valence-corrected chi connectivity index (χ2v) is 14.0. The first-order chi connectivity index (χ1) is 27.3. The molecular formula is C51H32N4. The maximum Gasteiger partial charge on any atom is 0.164 e. The van der Waals surface area contributed by atoms with E-state index in [1.54, 1.807) is 0 Å². The van der Waals surface area contributed by atoms with Gasteiger partial charge in [-0.2, -0.15) is 0 Å². The Morgan fingerprint density at radius 2 is 0.782 bits per heavy atom. The van der Waals surface area contributed by atoms with E-state index >= 15 is 0 Å². The molecule has 0 saturated carbocycles. The molecule has 0 bridgehead atoms. The Hall–Kier alpha value is -7.43. The summed E-state index contributed by atoms with van der Waals surface area (Å²) in [6, 6.07) is 68.7. The van der Waals surface area contributed by atoms with Crippen molar-refractivity contribution in [2.75, 3.05) is 0 Å². The van der Waals surface area contributed by atoms with E-state index in [4.69, 9.17) is 15.0 Å². The van der Waals surface area contributed by atoms with Crippen LogP contribution in [-0.4, -0.2) is 19.5 Å². The highest BCUT2D eigenvalue weighted by molar-refractivity contribution is 6.28. The molecule has 0 aliphatic carbocycles. The largest absolute Gasteiger partial charge is 0.309 e. The lowest BCUT2D eigenvalue weighted by Crippen LogP contribution is -2.01. The number of aromatic nitrogens is 4. The van der Waals surface area contributed by atoms with Gasteiger partial charge in [0.25, 0.3) is 0 Å². The molecule has 0 unspecified atom stereocenters. The molecule has 0 N–H and O–H groups in total. The average molecular weight is 701 g/mol. The minimum absolute atomic E-state index is 0.633. The third-order valence-corrected chi connectivity index (χ3v) is 10.8. The molecule has 0 fully saturated rings. The van der Waals surface area contributed by atoms with Crippen molar-refractivity contribution in [3.8, 4) is 51.0 Å². The molecule has 9 aromatic carbocycles. The van der Waals surface area contributed by atoms with E-state index in [1.807, 2.05) is 60.7 Å². The summed E-state index contributed by atoms with van der Waals surface area (Å²) in [6.45, 7) is 0. The maximum absolute atomic E-state index is 5.04. The first-order valence-electron chi connectivity index (χ1n) is 18.6. The summed E-state index contributed by atoms with van der Waals surface area (Å²) in [5.74, 6) is 1.93. The van der Waals surface area contributed by atoms with Gasteiger partial charge in [-0.3, -0.25) is 0 Å². The predicted octanol–water partition coefficient (Wildman–Crippen LogP) is 13.1. The summed E-state index contributed by atoms with van der Waals surface area (Å²) < 4.78 is 2.38. The fourth-order valence-electron chi connectivity index (χ4n) is 8.32. The molecule has 4 nitrogen and oxygen atoms in total. The van der Waals surface area contributed by atoms with Gasteiger partial charge in [0.15, 0.2) is 17.5 Å². The van der Waals surface area contributed by atoms with Gasteiger partial charge in [0.05, 0.1) is 11.0 Å². The highest BCUT2D eigenvalue weighted by Gasteiger charge is 2.19. The van der Waals surface area contributed by atoms with Crippen LogP contribution in [0.3, 0.4) is 0 Å². The molecule has 55 heavy (non-hydrogen) atoms. The molecule has 0 radical (unpaired) electrons. The van der Waals surface area contributed by atoms with Crippen molar-refractivity contribution in [1.29, 1.82) is 0 Å². The summed E-state index contributed by atoms with van der Waals surface area (Å²) in [4.78, 5) is 15.0. The van der Waals surface area contributed by atoms with Crippen LogP contribution in [0.4, 0.5) is 0 Å². The number of hydrogen-bond donors (Lipinski definition) is 0. The highest BCUT2D eigenvalue weighted by Crippen LogP contribution is 2.42. The topological polar surface area (TPSA) is 43.6 Å². The zero-order valence-corrected chi connectivity index (χ0v) is 29.8. The minimum Gasteiger partial charge on any atom is -0.309 e. The standard InChI is InChI=1S/C51H32N4/c1-4-15-33(16-5-1)44-32-45-40(38-23-10-11-24-39(38)44)27-28-42-41(45)29-30-47-48(42)43-25-12-13-26-46(43)55(47)37-22-14-21-36(31-37)51-53-49(34-17-6-2-7-18-34)52-50(54-51)35-19-8-3-9-20-35/h1-32H. The number of benzene rings is 9. The summed E-state index contributed by atoms with van der Waals surface area (Å²) in [5.41, 5.74) is 8.64. The second kappa shape index (κ2) is 12.6. The lowest BCUT2D eigenvalue weighted by atomic mass is 9.90. The Morgan fingerprint density at radius 1 is 0.291 bits per heavy atom. The van der Waals surface area contributed by atoms with Crippen molar-refractivity contribution in [1.82, 2.24) is 19.5 Å². The van der Waals surface area contributed by atoms with Crippen LogP contribution in [0.25, 0.3) is 105 Å². The van der Waals surface area contributed by atoms with Crippen molar-refractivity contribution in [2.24, 2.45) is 0 Å². The minimum atomic E-state index is 0.633. The van der Waals surface area contributed by atoms with Gasteiger partial charge in [-0.15, -0.1) is 0 Å². The van der Waals surface area contributed by atoms with E-state index in [0.29, 0.717) is 17.5 Å². The fraction of sp³-hybridized carbons (Fsp3) is 0. The second-order valence-electron chi connectivity index (χ2n) is 14.0. The van der Waals surface area contributed by atoms with Crippen LogP contribution < -0.4 is 0 Å². The molecule has 256 valence electrons. The lowest BCUT2D eigenvalue weighted by Gasteiger charge is -2.14. The van der Waals surface area contributed by atoms with Gasteiger partial charge >= 0.3 is 0 Å². The maximum atomic E-state index is 5.04. The Kier molecular flexibility index (Phi) is 7.14. The molecule has 0 atom stereocenters. The highest BCUT2D eigenvalue weighted by atomic mass is 15.0. The Morgan fingerprint density at radius 3 is 1.47 bits per heavy atom. The van der Waals surface area contributed by atoms with Gasteiger partial charge in [-0.25, -0.2) is 15.0 Å². The van der Waals surface area contributed by atoms with Crippen LogP contribution in [0.2, 0.25) is 0 Å². The number of fused-ring (bicyclic) bond motifs is 9. The molecule has 4 heteroatoms. The van der Waals surface area contributed by atoms with Gasteiger partial charge in [0, 0.05) is 33.2 Å². The van der Waals surface area contributed by atoms with E-state index in [1.165, 1.54) is 54.2 Å². The number of hydrogen-bond acceptors (Lipinski definition) is 3. The SMILES string of the molecule is c1ccc(-c2nc(-c3ccccc3)nc(-c3cccc(-n4c5ccccc5c5c6ccc7c8ccccc8c(-c8ccccc8)cc7c6ccc54)c3)n2)cc1. The van der Waals surface area contributed by atoms with E-state index in [9.17, 15) is 0 Å². The molecule has 0 aliphatic rings. The zero-order valence-electron chi connectivity index (χ0n) is 29.8. The average Bonchev–Trinajstić information content (AvgIpc) is 3.61. The van der Waals surface area contributed by atoms with Crippen LogP contribution in [0, 0.1) is 0 Å². The Bertz CT molecular complexity index is 3180. The zero-order chi connectivity index (χ0) is 36.3. The van der Waals surface area contributed by atoms with Crippen molar-refractivity contribution in [3.63, 3.8) is 0 Å². The third-order valence-electron chi connectivity index (χ3n) is 10.8. The van der Waals surface area contributed by atoms with Crippen molar-refractivity contribution >= 4 is 54.1 Å². The third kappa shape index (κ3) is 5.11. The van der Waals surface area contributed by atoms with Crippen LogP contribution in [0.1, 0.15) is 0 Å².